The number of guanidine groups is 1. The van der Waals surface area contributed by atoms with Gasteiger partial charge in [0.15, 0.2) is 17.5 Å². The average Bonchev–Trinajstić information content (AvgIpc) is 2.64. The molecule has 0 aliphatic heterocycles. The van der Waals surface area contributed by atoms with Gasteiger partial charge in [0.1, 0.15) is 12.4 Å². The number of alkyl halides is 3. The Bertz CT molecular complexity index is 784. The van der Waals surface area contributed by atoms with Crippen molar-refractivity contribution in [1.29, 1.82) is 0 Å². The van der Waals surface area contributed by atoms with Gasteiger partial charge in [0.2, 0.25) is 0 Å². The molecule has 0 saturated heterocycles. The van der Waals surface area contributed by atoms with Gasteiger partial charge in [-0.3, -0.25) is 0 Å². The van der Waals surface area contributed by atoms with Crippen LogP contribution in [0, 0.1) is 0 Å². The maximum Gasteiger partial charge on any atom is 0.416 e. The molecule has 0 bridgehead atoms. The van der Waals surface area contributed by atoms with Gasteiger partial charge in [-0.25, -0.2) is 4.99 Å². The molecule has 0 unspecified atom stereocenters. The van der Waals surface area contributed by atoms with Crippen molar-refractivity contribution in [2.75, 3.05) is 32.7 Å². The molecule has 2 rings (SSSR count). The lowest BCUT2D eigenvalue weighted by Crippen LogP contribution is -2.23. The Morgan fingerprint density at radius 2 is 1.68 bits per heavy atom. The molecule has 0 heterocycles. The molecule has 0 aliphatic rings. The number of benzene rings is 2. The normalized spacial score (nSPS) is 11.4. The highest BCUT2D eigenvalue weighted by molar-refractivity contribution is 14.0. The first-order valence-electron chi connectivity index (χ1n) is 7.92. The number of nitrogens with one attached hydrogen (secondary N) is 1. The van der Waals surface area contributed by atoms with E-state index in [1.165, 1.54) is 26.4 Å². The number of hydrogen-bond acceptors (Lipinski definition) is 4. The molecule has 0 atom stereocenters. The van der Waals surface area contributed by atoms with E-state index in [-0.39, 0.29) is 43.1 Å². The summed E-state index contributed by atoms with van der Waals surface area (Å²) in [7, 11) is 3.06. The van der Waals surface area contributed by atoms with E-state index in [1.807, 2.05) is 0 Å². The molecule has 6 nitrogen and oxygen atoms in total. The summed E-state index contributed by atoms with van der Waals surface area (Å²) >= 11 is 0. The van der Waals surface area contributed by atoms with Crippen molar-refractivity contribution in [3.05, 3.63) is 48.0 Å². The SMILES string of the molecule is COc1ccc(NC(N)=NCCOc2ccc(C(F)(F)F)cc2)cc1OC.I. The van der Waals surface area contributed by atoms with Crippen molar-refractivity contribution in [1.82, 2.24) is 0 Å². The third kappa shape index (κ3) is 6.98. The summed E-state index contributed by atoms with van der Waals surface area (Å²) in [6.45, 7) is 0.396. The van der Waals surface area contributed by atoms with Crippen LogP contribution in [-0.4, -0.2) is 33.3 Å². The number of halogens is 4. The fraction of sp³-hybridized carbons (Fsp3) is 0.278. The highest BCUT2D eigenvalue weighted by atomic mass is 127. The topological polar surface area (TPSA) is 78.1 Å². The average molecular weight is 511 g/mol. The fourth-order valence-corrected chi connectivity index (χ4v) is 2.17. The molecule has 0 aromatic heterocycles. The van der Waals surface area contributed by atoms with E-state index in [9.17, 15) is 13.2 Å². The van der Waals surface area contributed by atoms with Crippen LogP contribution in [0.5, 0.6) is 17.2 Å². The molecule has 0 spiro atoms. The molecule has 0 saturated carbocycles. The van der Waals surface area contributed by atoms with Crippen molar-refractivity contribution in [2.45, 2.75) is 6.18 Å². The van der Waals surface area contributed by atoms with Gasteiger partial charge in [0.25, 0.3) is 0 Å². The van der Waals surface area contributed by atoms with Crippen LogP contribution >= 0.6 is 24.0 Å². The Balaban J connectivity index is 0.00000392. The molecule has 0 aliphatic carbocycles. The van der Waals surface area contributed by atoms with Gasteiger partial charge in [-0.1, -0.05) is 0 Å². The standard InChI is InChI=1S/C18H20F3N3O3.HI/c1-25-15-8-5-13(11-16(15)26-2)24-17(22)23-9-10-27-14-6-3-12(4-7-14)18(19,20)21;/h3-8,11H,9-10H2,1-2H3,(H3,22,23,24);1H. The molecule has 0 radical (unpaired) electrons. The summed E-state index contributed by atoms with van der Waals surface area (Å²) in [5.41, 5.74) is 5.74. The number of aliphatic imine (C=N–C) groups is 1. The maximum atomic E-state index is 12.5. The summed E-state index contributed by atoms with van der Waals surface area (Å²) in [5.74, 6) is 1.62. The van der Waals surface area contributed by atoms with Crippen molar-refractivity contribution < 1.29 is 27.4 Å². The van der Waals surface area contributed by atoms with Gasteiger partial charge in [-0.15, -0.1) is 24.0 Å². The predicted octanol–water partition coefficient (Wildman–Crippen LogP) is 4.15. The molecule has 10 heteroatoms. The Labute approximate surface area is 177 Å². The van der Waals surface area contributed by atoms with Gasteiger partial charge < -0.3 is 25.3 Å². The molecule has 3 N–H and O–H groups in total. The van der Waals surface area contributed by atoms with Crippen LogP contribution in [0.25, 0.3) is 0 Å². The molecule has 0 amide bonds. The second kappa shape index (κ2) is 10.8. The van der Waals surface area contributed by atoms with Crippen LogP contribution in [0.1, 0.15) is 5.56 Å². The Kier molecular flexibility index (Phi) is 9.16. The number of nitrogens with two attached hydrogens (primary N) is 1. The fourth-order valence-electron chi connectivity index (χ4n) is 2.17. The lowest BCUT2D eigenvalue weighted by atomic mass is 10.2. The second-order valence-corrected chi connectivity index (χ2v) is 5.33. The Morgan fingerprint density at radius 1 is 1.04 bits per heavy atom. The van der Waals surface area contributed by atoms with Crippen LogP contribution in [0.3, 0.4) is 0 Å². The van der Waals surface area contributed by atoms with E-state index < -0.39 is 11.7 Å². The first kappa shape index (κ1) is 23.7. The lowest BCUT2D eigenvalue weighted by molar-refractivity contribution is -0.137. The second-order valence-electron chi connectivity index (χ2n) is 5.33. The number of hydrogen-bond donors (Lipinski definition) is 2. The van der Waals surface area contributed by atoms with Gasteiger partial charge in [-0.05, 0) is 36.4 Å². The molecule has 154 valence electrons. The highest BCUT2D eigenvalue weighted by Crippen LogP contribution is 2.30. The minimum atomic E-state index is -4.37. The zero-order valence-corrected chi connectivity index (χ0v) is 17.6. The summed E-state index contributed by atoms with van der Waals surface area (Å²) in [6, 6.07) is 9.64. The first-order valence-corrected chi connectivity index (χ1v) is 7.92. The van der Waals surface area contributed by atoms with E-state index in [0.717, 1.165) is 12.1 Å². The lowest BCUT2D eigenvalue weighted by Gasteiger charge is -2.11. The Morgan fingerprint density at radius 3 is 2.25 bits per heavy atom. The van der Waals surface area contributed by atoms with Gasteiger partial charge in [-0.2, -0.15) is 13.2 Å². The smallest absolute Gasteiger partial charge is 0.416 e. The van der Waals surface area contributed by atoms with E-state index in [4.69, 9.17) is 19.9 Å². The molecule has 0 fully saturated rings. The number of nitrogens with zero attached hydrogens (tertiary/aromatic N) is 1. The maximum absolute atomic E-state index is 12.5. The van der Waals surface area contributed by atoms with Crippen LogP contribution in [0.15, 0.2) is 47.5 Å². The van der Waals surface area contributed by atoms with E-state index in [2.05, 4.69) is 10.3 Å². The number of ether oxygens (including phenoxy) is 3. The third-order valence-corrected chi connectivity index (χ3v) is 3.48. The van der Waals surface area contributed by atoms with E-state index >= 15 is 0 Å². The minimum absolute atomic E-state index is 0. The van der Waals surface area contributed by atoms with Crippen LogP contribution in [-0.2, 0) is 6.18 Å². The van der Waals surface area contributed by atoms with Crippen LogP contribution < -0.4 is 25.3 Å². The summed E-state index contributed by atoms with van der Waals surface area (Å²) in [6.07, 6.45) is -4.37. The predicted molar refractivity (Wildman–Crippen MR) is 112 cm³/mol. The number of methoxy groups -OCH3 is 2. The monoisotopic (exact) mass is 511 g/mol. The van der Waals surface area contributed by atoms with Crippen molar-refractivity contribution in [3.8, 4) is 17.2 Å². The van der Waals surface area contributed by atoms with Gasteiger partial charge in [0, 0.05) is 11.8 Å². The van der Waals surface area contributed by atoms with Gasteiger partial charge in [0.05, 0.1) is 26.3 Å². The van der Waals surface area contributed by atoms with Gasteiger partial charge >= 0.3 is 6.18 Å². The highest BCUT2D eigenvalue weighted by Gasteiger charge is 2.29. The zero-order valence-electron chi connectivity index (χ0n) is 15.2. The first-order chi connectivity index (χ1) is 12.8. The van der Waals surface area contributed by atoms with E-state index in [1.54, 1.807) is 18.2 Å². The van der Waals surface area contributed by atoms with Crippen molar-refractivity contribution in [3.63, 3.8) is 0 Å². The summed E-state index contributed by atoms with van der Waals surface area (Å²) in [4.78, 5) is 4.10. The molecule has 28 heavy (non-hydrogen) atoms. The summed E-state index contributed by atoms with van der Waals surface area (Å²) in [5, 5.41) is 2.90. The third-order valence-electron chi connectivity index (χ3n) is 3.48. The van der Waals surface area contributed by atoms with Crippen molar-refractivity contribution >= 4 is 35.6 Å². The zero-order chi connectivity index (χ0) is 19.9. The molecular formula is C18H21F3IN3O3. The van der Waals surface area contributed by atoms with E-state index in [0.29, 0.717) is 22.9 Å². The minimum Gasteiger partial charge on any atom is -0.493 e. The molecule has 2 aromatic rings. The summed E-state index contributed by atoms with van der Waals surface area (Å²) < 4.78 is 53.2. The number of anilines is 1. The Hall–Kier alpha value is -2.37. The van der Waals surface area contributed by atoms with Crippen LogP contribution in [0.2, 0.25) is 0 Å². The molecule has 2 aromatic carbocycles. The van der Waals surface area contributed by atoms with Crippen LogP contribution in [0.4, 0.5) is 18.9 Å². The largest absolute Gasteiger partial charge is 0.493 e. The number of rotatable bonds is 7. The van der Waals surface area contributed by atoms with Crippen molar-refractivity contribution in [2.24, 2.45) is 10.7 Å². The quantitative estimate of drug-likeness (QED) is 0.253. The molecular weight excluding hydrogens is 490 g/mol.